The molecule has 4 heterocycles. The number of carbonyl (C=O) groups is 3. The molecule has 278 valence electrons. The van der Waals surface area contributed by atoms with Crippen LogP contribution in [0.3, 0.4) is 0 Å². The van der Waals surface area contributed by atoms with Gasteiger partial charge in [-0.3, -0.25) is 19.6 Å². The average Bonchev–Trinajstić information content (AvgIpc) is 3.73. The molecule has 2 aromatic rings. The third-order valence-corrected chi connectivity index (χ3v) is 7.91. The zero-order chi connectivity index (χ0) is 38.3. The highest BCUT2D eigenvalue weighted by Gasteiger charge is 2.48. The van der Waals surface area contributed by atoms with Crippen LogP contribution in [0, 0.1) is 11.6 Å². The largest absolute Gasteiger partial charge is 0.506 e. The molecule has 0 spiro atoms. The van der Waals surface area contributed by atoms with Crippen LogP contribution in [0.15, 0.2) is 57.8 Å². The Labute approximate surface area is 297 Å². The van der Waals surface area contributed by atoms with Gasteiger partial charge in [0.25, 0.3) is 11.8 Å². The number of phenols is 1. The lowest BCUT2D eigenvalue weighted by Crippen LogP contribution is -2.51. The van der Waals surface area contributed by atoms with Gasteiger partial charge in [-0.25, -0.2) is 23.4 Å². The number of fused-ring (bicyclic) bond motifs is 2. The number of allylic oxidation sites excluding steroid dienone is 2. The highest BCUT2D eigenvalue weighted by Crippen LogP contribution is 2.40. The van der Waals surface area contributed by atoms with E-state index >= 15 is 0 Å². The van der Waals surface area contributed by atoms with Crippen LogP contribution in [-0.2, 0) is 19.1 Å². The van der Waals surface area contributed by atoms with Crippen molar-refractivity contribution in [3.8, 4) is 11.5 Å². The Balaban J connectivity index is 0.000000206. The third-order valence-electron chi connectivity index (χ3n) is 7.31. The number of amides is 2. The Morgan fingerprint density at radius 2 is 1.27 bits per heavy atom. The van der Waals surface area contributed by atoms with Gasteiger partial charge in [0, 0.05) is 37.4 Å². The van der Waals surface area contributed by atoms with Crippen molar-refractivity contribution in [2.75, 3.05) is 49.2 Å². The first-order valence-corrected chi connectivity index (χ1v) is 15.4. The topological polar surface area (TPSA) is 128 Å². The van der Waals surface area contributed by atoms with Crippen LogP contribution in [0.25, 0.3) is 0 Å². The minimum absolute atomic E-state index is 0.00599. The predicted octanol–water partition coefficient (Wildman–Crippen LogP) is 5.53. The average molecular weight is 785 g/mol. The molecule has 0 aliphatic carbocycles. The molecule has 2 aromatic carbocycles. The summed E-state index contributed by atoms with van der Waals surface area (Å²) >= 11 is 11.5. The third kappa shape index (κ3) is 7.57. The van der Waals surface area contributed by atoms with Gasteiger partial charge in [0.1, 0.15) is 34.5 Å². The Hall–Kier alpha value is -5.11. The predicted molar refractivity (Wildman–Crippen MR) is 168 cm³/mol. The number of ether oxygens (including phenoxy) is 2. The summed E-state index contributed by atoms with van der Waals surface area (Å²) in [6.07, 6.45) is -8.78. The normalized spacial score (nSPS) is 17.1. The minimum atomic E-state index is -4.78. The molecular formula is C30H22Cl2F8N6O6. The van der Waals surface area contributed by atoms with E-state index in [0.29, 0.717) is 22.0 Å². The van der Waals surface area contributed by atoms with E-state index in [4.69, 9.17) is 32.7 Å². The minimum Gasteiger partial charge on any atom is -0.506 e. The summed E-state index contributed by atoms with van der Waals surface area (Å²) in [5.41, 5.74) is -3.18. The van der Waals surface area contributed by atoms with Gasteiger partial charge in [-0.1, -0.05) is 23.2 Å². The molecule has 0 saturated carbocycles. The molecule has 0 unspecified atom stereocenters. The number of aliphatic imine (C=N–C) groups is 2. The van der Waals surface area contributed by atoms with Gasteiger partial charge < -0.3 is 24.4 Å². The first-order valence-electron chi connectivity index (χ1n) is 14.7. The Morgan fingerprint density at radius 3 is 1.73 bits per heavy atom. The lowest BCUT2D eigenvalue weighted by atomic mass is 10.2. The van der Waals surface area contributed by atoms with Crippen molar-refractivity contribution in [3.05, 3.63) is 69.5 Å². The zero-order valence-corrected chi connectivity index (χ0v) is 27.7. The molecule has 0 aromatic heterocycles. The molecule has 52 heavy (non-hydrogen) atoms. The van der Waals surface area contributed by atoms with Gasteiger partial charge in [-0.05, 0) is 19.1 Å². The van der Waals surface area contributed by atoms with Crippen LogP contribution in [0.1, 0.15) is 6.92 Å². The van der Waals surface area contributed by atoms with Crippen LogP contribution in [0.4, 0.5) is 46.5 Å². The van der Waals surface area contributed by atoms with Crippen molar-refractivity contribution >= 4 is 64.3 Å². The number of carbonyl (C=O) groups excluding carboxylic acids is 3. The van der Waals surface area contributed by atoms with E-state index in [9.17, 15) is 54.6 Å². The zero-order valence-electron chi connectivity index (χ0n) is 26.2. The summed E-state index contributed by atoms with van der Waals surface area (Å²) in [4.78, 5) is 46.7. The van der Waals surface area contributed by atoms with E-state index in [2.05, 4.69) is 9.98 Å². The summed E-state index contributed by atoms with van der Waals surface area (Å²) in [6, 6.07) is 3.47. The highest BCUT2D eigenvalue weighted by atomic mass is 35.5. The fourth-order valence-corrected chi connectivity index (χ4v) is 5.54. The van der Waals surface area contributed by atoms with Gasteiger partial charge in [0.15, 0.2) is 6.61 Å². The Morgan fingerprint density at radius 1 is 0.808 bits per heavy atom. The Bertz CT molecular complexity index is 1950. The van der Waals surface area contributed by atoms with Crippen LogP contribution < -0.4 is 14.5 Å². The van der Waals surface area contributed by atoms with E-state index in [1.165, 1.54) is 0 Å². The Kier molecular flexibility index (Phi) is 10.6. The van der Waals surface area contributed by atoms with Crippen molar-refractivity contribution in [3.63, 3.8) is 0 Å². The van der Waals surface area contributed by atoms with E-state index in [-0.39, 0.29) is 60.5 Å². The van der Waals surface area contributed by atoms with Crippen molar-refractivity contribution in [1.29, 1.82) is 0 Å². The van der Waals surface area contributed by atoms with Crippen LogP contribution in [0.2, 0.25) is 10.0 Å². The summed E-state index contributed by atoms with van der Waals surface area (Å²) < 4.78 is 117. The van der Waals surface area contributed by atoms with Gasteiger partial charge in [-0.2, -0.15) is 26.3 Å². The second-order valence-electron chi connectivity index (χ2n) is 10.7. The standard InChI is InChI=1S/C17H14ClF4N3O4.C13H8ClF4N3O2/c1-2-28-15(27)8-29-12-6-11(10(19)5-9(12)18)25-14(26)7-13(17(20,21)22)24-4-3-23-16(24)25;14-6-3-7(15)8(4-9(6)22)21-11(23)5-10(13(16,17)18)20-2-1-19-12(20)21/h5-7H,2-4,8H2,1H3;3-5,22H,1-2H2. The molecule has 0 radical (unpaired) electrons. The number of alkyl halides is 6. The number of esters is 1. The molecule has 0 atom stereocenters. The quantitative estimate of drug-likeness (QED) is 0.299. The number of aromatic hydroxyl groups is 1. The van der Waals surface area contributed by atoms with Gasteiger partial charge in [-0.15, -0.1) is 0 Å². The maximum Gasteiger partial charge on any atom is 0.431 e. The lowest BCUT2D eigenvalue weighted by Gasteiger charge is -2.35. The summed E-state index contributed by atoms with van der Waals surface area (Å²) in [6.45, 7) is 0.993. The number of hydrogen-bond donors (Lipinski definition) is 1. The summed E-state index contributed by atoms with van der Waals surface area (Å²) in [5, 5.41) is 9.10. The molecule has 1 N–H and O–H groups in total. The van der Waals surface area contributed by atoms with Gasteiger partial charge in [0.05, 0.1) is 41.1 Å². The van der Waals surface area contributed by atoms with Crippen LogP contribution in [-0.4, -0.2) is 96.4 Å². The highest BCUT2D eigenvalue weighted by molar-refractivity contribution is 6.33. The first kappa shape index (κ1) is 38.1. The molecule has 4 aliphatic rings. The molecular weight excluding hydrogens is 763 g/mol. The number of nitrogens with zero attached hydrogens (tertiary/aromatic N) is 6. The second-order valence-corrected chi connectivity index (χ2v) is 11.5. The number of phenolic OH excluding ortho intramolecular Hbond substituents is 1. The number of rotatable bonds is 6. The number of guanidine groups is 2. The smallest absolute Gasteiger partial charge is 0.431 e. The number of anilines is 2. The summed E-state index contributed by atoms with van der Waals surface area (Å²) in [5.74, 6) is -6.27. The molecule has 0 fully saturated rings. The summed E-state index contributed by atoms with van der Waals surface area (Å²) in [7, 11) is 0. The molecule has 4 aliphatic heterocycles. The molecule has 12 nitrogen and oxygen atoms in total. The molecule has 6 rings (SSSR count). The molecule has 0 saturated heterocycles. The number of hydrogen-bond acceptors (Lipinski definition) is 10. The van der Waals surface area contributed by atoms with E-state index < -0.39 is 76.9 Å². The van der Waals surface area contributed by atoms with E-state index in [0.717, 1.165) is 34.1 Å². The van der Waals surface area contributed by atoms with Crippen LogP contribution >= 0.6 is 23.2 Å². The monoisotopic (exact) mass is 784 g/mol. The van der Waals surface area contributed by atoms with Crippen molar-refractivity contribution in [2.24, 2.45) is 9.98 Å². The van der Waals surface area contributed by atoms with Gasteiger partial charge in [0.2, 0.25) is 11.9 Å². The van der Waals surface area contributed by atoms with Crippen molar-refractivity contribution in [1.82, 2.24) is 9.80 Å². The molecule has 0 bridgehead atoms. The molecule has 22 heteroatoms. The van der Waals surface area contributed by atoms with Crippen molar-refractivity contribution < 1.29 is 64.1 Å². The van der Waals surface area contributed by atoms with E-state index in [1.54, 1.807) is 6.92 Å². The maximum absolute atomic E-state index is 14.6. The second kappa shape index (κ2) is 14.5. The number of benzene rings is 2. The first-order chi connectivity index (χ1) is 24.3. The lowest BCUT2D eigenvalue weighted by molar-refractivity contribution is -0.145. The van der Waals surface area contributed by atoms with E-state index in [1.807, 2.05) is 0 Å². The maximum atomic E-state index is 14.6. The molecule has 2 amide bonds. The fourth-order valence-electron chi connectivity index (χ4n) is 5.19. The SMILES string of the molecule is CCOC(=O)COc1cc(N2C(=O)C=C(C(F)(F)F)N3CCN=C32)c(F)cc1Cl.O=C1C=C(C(F)(F)F)N2CCN=C2N1c1cc(O)c(Cl)cc1F. The van der Waals surface area contributed by atoms with Gasteiger partial charge >= 0.3 is 18.3 Å². The van der Waals surface area contributed by atoms with Crippen LogP contribution in [0.5, 0.6) is 11.5 Å². The number of halogens is 10. The van der Waals surface area contributed by atoms with Crippen molar-refractivity contribution in [2.45, 2.75) is 19.3 Å². The fraction of sp³-hybridized carbons (Fsp3) is 0.300.